The molecule has 0 saturated carbocycles. The van der Waals surface area contributed by atoms with Gasteiger partial charge in [-0.3, -0.25) is 14.9 Å². The molecule has 0 spiro atoms. The van der Waals surface area contributed by atoms with Crippen molar-refractivity contribution in [3.05, 3.63) is 33.9 Å². The van der Waals surface area contributed by atoms with Gasteiger partial charge in [0, 0.05) is 24.8 Å². The molecule has 0 amide bonds. The standard InChI is InChI=1S/C15H18N2O6/c1-2-23-15(20)12-8-11(5-6-13(12)17(21)22)16-7-3-4-10(9-16)14(18)19/h5-6,8,10H,2-4,7,9H2,1H3,(H,18,19). The Morgan fingerprint density at radius 2 is 2.22 bits per heavy atom. The number of ether oxygens (including phenoxy) is 1. The maximum absolute atomic E-state index is 11.9. The van der Waals surface area contributed by atoms with E-state index in [1.807, 2.05) is 4.90 Å². The predicted molar refractivity (Wildman–Crippen MR) is 81.6 cm³/mol. The summed E-state index contributed by atoms with van der Waals surface area (Å²) in [6.07, 6.45) is 1.31. The molecule has 1 heterocycles. The number of nitro benzene ring substituents is 1. The van der Waals surface area contributed by atoms with E-state index in [0.717, 1.165) is 0 Å². The van der Waals surface area contributed by atoms with Crippen LogP contribution in [0.3, 0.4) is 0 Å². The van der Waals surface area contributed by atoms with Crippen molar-refractivity contribution in [2.75, 3.05) is 24.6 Å². The summed E-state index contributed by atoms with van der Waals surface area (Å²) in [7, 11) is 0. The summed E-state index contributed by atoms with van der Waals surface area (Å²) in [5.41, 5.74) is 0.149. The van der Waals surface area contributed by atoms with Crippen LogP contribution in [0.4, 0.5) is 11.4 Å². The Kier molecular flexibility index (Phi) is 5.15. The number of anilines is 1. The second-order valence-corrected chi connectivity index (χ2v) is 5.30. The largest absolute Gasteiger partial charge is 0.481 e. The minimum atomic E-state index is -0.859. The van der Waals surface area contributed by atoms with Gasteiger partial charge in [0.15, 0.2) is 0 Å². The molecule has 0 bridgehead atoms. The molecule has 1 aliphatic rings. The maximum Gasteiger partial charge on any atom is 0.345 e. The molecule has 1 atom stereocenters. The Morgan fingerprint density at radius 1 is 1.48 bits per heavy atom. The van der Waals surface area contributed by atoms with Crippen molar-refractivity contribution >= 4 is 23.3 Å². The first-order valence-corrected chi connectivity index (χ1v) is 7.37. The van der Waals surface area contributed by atoms with Gasteiger partial charge in [-0.25, -0.2) is 4.79 Å². The van der Waals surface area contributed by atoms with E-state index >= 15 is 0 Å². The number of carboxylic acid groups (broad SMARTS) is 1. The van der Waals surface area contributed by atoms with Crippen LogP contribution in [-0.2, 0) is 9.53 Å². The molecule has 124 valence electrons. The molecule has 1 aromatic carbocycles. The van der Waals surface area contributed by atoms with E-state index in [1.54, 1.807) is 6.92 Å². The Hall–Kier alpha value is -2.64. The summed E-state index contributed by atoms with van der Waals surface area (Å²) < 4.78 is 4.86. The fourth-order valence-corrected chi connectivity index (χ4v) is 2.67. The third-order valence-electron chi connectivity index (χ3n) is 3.81. The van der Waals surface area contributed by atoms with E-state index < -0.39 is 22.8 Å². The highest BCUT2D eigenvalue weighted by atomic mass is 16.6. The van der Waals surface area contributed by atoms with Crippen LogP contribution in [0, 0.1) is 16.0 Å². The summed E-state index contributed by atoms with van der Waals surface area (Å²) in [6.45, 7) is 2.69. The molecule has 8 nitrogen and oxygen atoms in total. The zero-order chi connectivity index (χ0) is 17.0. The fourth-order valence-electron chi connectivity index (χ4n) is 2.67. The van der Waals surface area contributed by atoms with E-state index in [0.29, 0.717) is 31.6 Å². The van der Waals surface area contributed by atoms with Gasteiger partial charge in [-0.15, -0.1) is 0 Å². The average Bonchev–Trinajstić information content (AvgIpc) is 2.54. The van der Waals surface area contributed by atoms with Crippen molar-refractivity contribution in [1.29, 1.82) is 0 Å². The van der Waals surface area contributed by atoms with Gasteiger partial charge in [-0.05, 0) is 31.9 Å². The maximum atomic E-state index is 11.9. The number of hydrogen-bond acceptors (Lipinski definition) is 6. The van der Waals surface area contributed by atoms with Gasteiger partial charge in [0.2, 0.25) is 0 Å². The Labute approximate surface area is 132 Å². The number of carbonyl (C=O) groups excluding carboxylic acids is 1. The van der Waals surface area contributed by atoms with E-state index in [-0.39, 0.29) is 17.9 Å². The second-order valence-electron chi connectivity index (χ2n) is 5.30. The molecule has 23 heavy (non-hydrogen) atoms. The molecule has 0 aromatic heterocycles. The number of hydrogen-bond donors (Lipinski definition) is 1. The van der Waals surface area contributed by atoms with E-state index in [2.05, 4.69) is 0 Å². The predicted octanol–water partition coefficient (Wildman–Crippen LogP) is 2.07. The van der Waals surface area contributed by atoms with Gasteiger partial charge in [0.25, 0.3) is 5.69 Å². The number of esters is 1. The molecular weight excluding hydrogens is 304 g/mol. The molecule has 1 fully saturated rings. The highest BCUT2D eigenvalue weighted by molar-refractivity contribution is 5.95. The molecule has 1 aliphatic heterocycles. The van der Waals surface area contributed by atoms with Gasteiger partial charge in [0.1, 0.15) is 5.56 Å². The molecule has 8 heteroatoms. The van der Waals surface area contributed by atoms with Crippen LogP contribution in [-0.4, -0.2) is 41.7 Å². The van der Waals surface area contributed by atoms with E-state index in [4.69, 9.17) is 9.84 Å². The Bertz CT molecular complexity index is 630. The third kappa shape index (κ3) is 3.77. The number of nitrogens with zero attached hydrogens (tertiary/aromatic N) is 2. The normalized spacial score (nSPS) is 17.6. The third-order valence-corrected chi connectivity index (χ3v) is 3.81. The quantitative estimate of drug-likeness (QED) is 0.502. The number of nitro groups is 1. The van der Waals surface area contributed by atoms with Crippen LogP contribution < -0.4 is 4.90 Å². The summed E-state index contributed by atoms with van der Waals surface area (Å²) in [5, 5.41) is 20.2. The summed E-state index contributed by atoms with van der Waals surface area (Å²) in [6, 6.07) is 4.19. The highest BCUT2D eigenvalue weighted by Gasteiger charge is 2.28. The molecule has 0 aliphatic carbocycles. The Morgan fingerprint density at radius 3 is 2.83 bits per heavy atom. The van der Waals surface area contributed by atoms with Crippen LogP contribution in [0.2, 0.25) is 0 Å². The van der Waals surface area contributed by atoms with Crippen molar-refractivity contribution in [3.8, 4) is 0 Å². The Balaban J connectivity index is 2.32. The molecular formula is C15H18N2O6. The number of carboxylic acids is 1. The first kappa shape index (κ1) is 16.7. The number of benzene rings is 1. The summed E-state index contributed by atoms with van der Waals surface area (Å²) in [4.78, 5) is 35.3. The minimum Gasteiger partial charge on any atom is -0.481 e. The number of rotatable bonds is 5. The topological polar surface area (TPSA) is 110 Å². The number of piperidine rings is 1. The molecule has 0 radical (unpaired) electrons. The van der Waals surface area contributed by atoms with Crippen LogP contribution in [0.1, 0.15) is 30.1 Å². The van der Waals surface area contributed by atoms with Gasteiger partial charge in [-0.1, -0.05) is 0 Å². The SMILES string of the molecule is CCOC(=O)c1cc(N2CCCC(C(=O)O)C2)ccc1[N+](=O)[O-]. The molecule has 1 N–H and O–H groups in total. The van der Waals surface area contributed by atoms with Crippen molar-refractivity contribution in [2.24, 2.45) is 5.92 Å². The number of aliphatic carboxylic acids is 1. The fraction of sp³-hybridized carbons (Fsp3) is 0.467. The second kappa shape index (κ2) is 7.08. The lowest BCUT2D eigenvalue weighted by Gasteiger charge is -2.32. The first-order chi connectivity index (χ1) is 10.9. The zero-order valence-corrected chi connectivity index (χ0v) is 12.7. The molecule has 2 rings (SSSR count). The summed E-state index contributed by atoms with van der Waals surface area (Å²) in [5.74, 6) is -2.10. The van der Waals surface area contributed by atoms with Crippen LogP contribution >= 0.6 is 0 Å². The van der Waals surface area contributed by atoms with Crippen molar-refractivity contribution in [3.63, 3.8) is 0 Å². The van der Waals surface area contributed by atoms with Gasteiger partial charge >= 0.3 is 11.9 Å². The van der Waals surface area contributed by atoms with Gasteiger partial charge in [-0.2, -0.15) is 0 Å². The van der Waals surface area contributed by atoms with Crippen molar-refractivity contribution < 1.29 is 24.4 Å². The lowest BCUT2D eigenvalue weighted by Crippen LogP contribution is -2.38. The monoisotopic (exact) mass is 322 g/mol. The molecule has 1 saturated heterocycles. The first-order valence-electron chi connectivity index (χ1n) is 7.37. The summed E-state index contributed by atoms with van der Waals surface area (Å²) >= 11 is 0. The lowest BCUT2D eigenvalue weighted by molar-refractivity contribution is -0.385. The molecule has 1 unspecified atom stereocenters. The molecule has 1 aromatic rings. The van der Waals surface area contributed by atoms with Crippen molar-refractivity contribution in [1.82, 2.24) is 0 Å². The zero-order valence-electron chi connectivity index (χ0n) is 12.7. The van der Waals surface area contributed by atoms with Crippen LogP contribution in [0.25, 0.3) is 0 Å². The average molecular weight is 322 g/mol. The van der Waals surface area contributed by atoms with E-state index in [9.17, 15) is 19.7 Å². The highest BCUT2D eigenvalue weighted by Crippen LogP contribution is 2.29. The van der Waals surface area contributed by atoms with Gasteiger partial charge in [0.05, 0.1) is 17.4 Å². The van der Waals surface area contributed by atoms with Gasteiger partial charge < -0.3 is 14.7 Å². The minimum absolute atomic E-state index is 0.116. The lowest BCUT2D eigenvalue weighted by atomic mass is 9.97. The number of carbonyl (C=O) groups is 2. The smallest absolute Gasteiger partial charge is 0.345 e. The van der Waals surface area contributed by atoms with Crippen LogP contribution in [0.15, 0.2) is 18.2 Å². The van der Waals surface area contributed by atoms with Crippen molar-refractivity contribution in [2.45, 2.75) is 19.8 Å². The van der Waals surface area contributed by atoms with E-state index in [1.165, 1.54) is 18.2 Å². The van der Waals surface area contributed by atoms with Crippen LogP contribution in [0.5, 0.6) is 0 Å².